The Morgan fingerprint density at radius 1 is 0.703 bits per heavy atom. The van der Waals surface area contributed by atoms with Gasteiger partial charge in [-0.15, -0.1) is 0 Å². The SMILES string of the molecule is O=C1S/C(=C\c2ccc(-n3nc(-c4ccccc4)cc3-c3ccccc3)cc2)C(=S)N1c1ccccc1. The number of benzene rings is 4. The van der Waals surface area contributed by atoms with Gasteiger partial charge in [0.15, 0.2) is 0 Å². The molecule has 5 aromatic rings. The Kier molecular flexibility index (Phi) is 6.26. The van der Waals surface area contributed by atoms with Crippen LogP contribution in [-0.4, -0.2) is 20.0 Å². The number of thioether (sulfide) groups is 1. The molecule has 0 unspecified atom stereocenters. The van der Waals surface area contributed by atoms with Crippen LogP contribution in [-0.2, 0) is 0 Å². The first-order valence-corrected chi connectivity index (χ1v) is 13.0. The van der Waals surface area contributed by atoms with E-state index in [4.69, 9.17) is 17.3 Å². The van der Waals surface area contributed by atoms with E-state index in [1.165, 1.54) is 0 Å². The number of hydrogen-bond acceptors (Lipinski definition) is 4. The van der Waals surface area contributed by atoms with Crippen molar-refractivity contribution in [3.8, 4) is 28.2 Å². The summed E-state index contributed by atoms with van der Waals surface area (Å²) in [6, 6.07) is 40.2. The van der Waals surface area contributed by atoms with Crippen LogP contribution in [0.15, 0.2) is 126 Å². The number of para-hydroxylation sites is 1. The number of nitrogens with zero attached hydrogens (tertiary/aromatic N) is 3. The fraction of sp³-hybridized carbons (Fsp3) is 0. The summed E-state index contributed by atoms with van der Waals surface area (Å²) in [5.41, 5.74) is 6.79. The van der Waals surface area contributed by atoms with E-state index in [1.54, 1.807) is 4.90 Å². The van der Waals surface area contributed by atoms with Gasteiger partial charge in [0.1, 0.15) is 4.99 Å². The van der Waals surface area contributed by atoms with Gasteiger partial charge >= 0.3 is 0 Å². The molecule has 0 spiro atoms. The Hall–Kier alpha value is -4.26. The normalized spacial score (nSPS) is 14.5. The van der Waals surface area contributed by atoms with E-state index in [1.807, 2.05) is 102 Å². The summed E-state index contributed by atoms with van der Waals surface area (Å²) in [6.45, 7) is 0. The first kappa shape index (κ1) is 23.2. The van der Waals surface area contributed by atoms with E-state index in [9.17, 15) is 4.79 Å². The van der Waals surface area contributed by atoms with Crippen LogP contribution in [0.4, 0.5) is 10.5 Å². The van der Waals surface area contributed by atoms with Crippen LogP contribution in [0, 0.1) is 0 Å². The summed E-state index contributed by atoms with van der Waals surface area (Å²) in [5.74, 6) is 0. The zero-order valence-corrected chi connectivity index (χ0v) is 21.3. The first-order valence-electron chi connectivity index (χ1n) is 11.8. The second-order valence-corrected chi connectivity index (χ2v) is 9.88. The van der Waals surface area contributed by atoms with Gasteiger partial charge in [-0.05, 0) is 53.7 Å². The topological polar surface area (TPSA) is 38.1 Å². The molecule has 1 fully saturated rings. The molecule has 0 radical (unpaired) electrons. The molecule has 4 aromatic carbocycles. The van der Waals surface area contributed by atoms with Gasteiger partial charge in [0, 0.05) is 11.1 Å². The highest BCUT2D eigenvalue weighted by Crippen LogP contribution is 2.37. The van der Waals surface area contributed by atoms with Crippen molar-refractivity contribution in [1.29, 1.82) is 0 Å². The number of rotatable bonds is 5. The molecular weight excluding hydrogens is 494 g/mol. The predicted octanol–water partition coefficient (Wildman–Crippen LogP) is 8.25. The van der Waals surface area contributed by atoms with E-state index in [2.05, 4.69) is 30.3 Å². The molecule has 0 saturated carbocycles. The lowest BCUT2D eigenvalue weighted by atomic mass is 10.1. The van der Waals surface area contributed by atoms with Crippen LogP contribution in [0.3, 0.4) is 0 Å². The van der Waals surface area contributed by atoms with E-state index < -0.39 is 0 Å². The molecule has 1 saturated heterocycles. The third-order valence-electron chi connectivity index (χ3n) is 6.09. The molecule has 4 nitrogen and oxygen atoms in total. The summed E-state index contributed by atoms with van der Waals surface area (Å²) in [4.78, 5) is 15.5. The molecule has 37 heavy (non-hydrogen) atoms. The Morgan fingerprint density at radius 3 is 1.95 bits per heavy atom. The van der Waals surface area contributed by atoms with Crippen LogP contribution in [0.1, 0.15) is 5.56 Å². The van der Waals surface area contributed by atoms with Crippen LogP contribution in [0.25, 0.3) is 34.3 Å². The molecular formula is C31H21N3OS2. The summed E-state index contributed by atoms with van der Waals surface area (Å²) in [5, 5.41) is 4.86. The molecule has 1 amide bonds. The molecule has 6 heteroatoms. The largest absolute Gasteiger partial charge is 0.296 e. The molecule has 1 aliphatic rings. The maximum absolute atomic E-state index is 12.7. The molecule has 0 aliphatic carbocycles. The van der Waals surface area contributed by atoms with Crippen molar-refractivity contribution in [2.24, 2.45) is 0 Å². The van der Waals surface area contributed by atoms with E-state index in [0.29, 0.717) is 4.99 Å². The van der Waals surface area contributed by atoms with E-state index >= 15 is 0 Å². The number of amides is 1. The average Bonchev–Trinajstić information content (AvgIpc) is 3.51. The molecule has 1 aromatic heterocycles. The van der Waals surface area contributed by atoms with Crippen LogP contribution in [0.5, 0.6) is 0 Å². The summed E-state index contributed by atoms with van der Waals surface area (Å²) < 4.78 is 1.98. The monoisotopic (exact) mass is 515 g/mol. The Bertz CT molecular complexity index is 1610. The standard InChI is InChI=1S/C31H21N3OS2/c35-31-33(25-14-8-3-9-15-25)30(36)29(37-31)20-22-16-18-26(19-17-22)34-28(24-12-6-2-7-13-24)21-27(32-34)23-10-4-1-5-11-23/h1-21H/b29-20-. The van der Waals surface area contributed by atoms with Gasteiger partial charge in [0.2, 0.25) is 0 Å². The van der Waals surface area contributed by atoms with Gasteiger partial charge < -0.3 is 0 Å². The van der Waals surface area contributed by atoms with Crippen molar-refractivity contribution in [2.75, 3.05) is 4.90 Å². The second kappa shape index (κ2) is 10.0. The average molecular weight is 516 g/mol. The highest BCUT2D eigenvalue weighted by molar-refractivity contribution is 8.20. The molecule has 2 heterocycles. The third-order valence-corrected chi connectivity index (χ3v) is 7.51. The van der Waals surface area contributed by atoms with Crippen LogP contribution in [0.2, 0.25) is 0 Å². The number of carbonyl (C=O) groups is 1. The Labute approximate surface area is 224 Å². The Balaban J connectivity index is 1.33. The zero-order chi connectivity index (χ0) is 25.2. The highest BCUT2D eigenvalue weighted by Gasteiger charge is 2.32. The maximum atomic E-state index is 12.7. The van der Waals surface area contributed by atoms with Crippen molar-refractivity contribution in [3.05, 3.63) is 132 Å². The minimum absolute atomic E-state index is 0.0865. The number of thiocarbonyl (C=S) groups is 1. The zero-order valence-electron chi connectivity index (χ0n) is 19.7. The van der Waals surface area contributed by atoms with Crippen molar-refractivity contribution in [1.82, 2.24) is 9.78 Å². The number of carbonyl (C=O) groups excluding carboxylic acids is 1. The smallest absolute Gasteiger partial charge is 0.261 e. The fourth-order valence-corrected chi connectivity index (χ4v) is 5.55. The molecule has 0 atom stereocenters. The van der Waals surface area contributed by atoms with E-state index in [-0.39, 0.29) is 5.24 Å². The van der Waals surface area contributed by atoms with Crippen molar-refractivity contribution in [2.45, 2.75) is 0 Å². The lowest BCUT2D eigenvalue weighted by Gasteiger charge is -2.14. The first-order chi connectivity index (χ1) is 18.2. The number of anilines is 1. The number of hydrogen-bond donors (Lipinski definition) is 0. The van der Waals surface area contributed by atoms with Gasteiger partial charge in [0.05, 0.1) is 27.7 Å². The lowest BCUT2D eigenvalue weighted by molar-refractivity contribution is 0.268. The van der Waals surface area contributed by atoms with Gasteiger partial charge in [-0.3, -0.25) is 9.69 Å². The Morgan fingerprint density at radius 2 is 1.30 bits per heavy atom. The summed E-state index contributed by atoms with van der Waals surface area (Å²) in [6.07, 6.45) is 1.97. The second-order valence-electron chi connectivity index (χ2n) is 8.50. The quantitative estimate of drug-likeness (QED) is 0.174. The van der Waals surface area contributed by atoms with Gasteiger partial charge in [-0.1, -0.05) is 103 Å². The molecule has 178 valence electrons. The predicted molar refractivity (Wildman–Crippen MR) is 157 cm³/mol. The van der Waals surface area contributed by atoms with Gasteiger partial charge in [0.25, 0.3) is 5.24 Å². The van der Waals surface area contributed by atoms with Gasteiger partial charge in [-0.2, -0.15) is 5.10 Å². The van der Waals surface area contributed by atoms with Crippen molar-refractivity contribution < 1.29 is 4.79 Å². The lowest BCUT2D eigenvalue weighted by Crippen LogP contribution is -2.26. The molecule has 6 rings (SSSR count). The van der Waals surface area contributed by atoms with Crippen LogP contribution < -0.4 is 4.90 Å². The van der Waals surface area contributed by atoms with Gasteiger partial charge in [-0.25, -0.2) is 4.68 Å². The summed E-state index contributed by atoms with van der Waals surface area (Å²) >= 11 is 6.81. The molecule has 0 bridgehead atoms. The van der Waals surface area contributed by atoms with Crippen molar-refractivity contribution in [3.63, 3.8) is 0 Å². The maximum Gasteiger partial charge on any atom is 0.296 e. The third kappa shape index (κ3) is 4.65. The van der Waals surface area contributed by atoms with Crippen LogP contribution >= 0.6 is 24.0 Å². The fourth-order valence-electron chi connectivity index (χ4n) is 4.27. The summed E-state index contributed by atoms with van der Waals surface area (Å²) in [7, 11) is 0. The van der Waals surface area contributed by atoms with E-state index in [0.717, 1.165) is 56.1 Å². The minimum atomic E-state index is -0.0865. The molecule has 0 N–H and O–H groups in total. The highest BCUT2D eigenvalue weighted by atomic mass is 32.2. The van der Waals surface area contributed by atoms with Crippen molar-refractivity contribution >= 4 is 46.0 Å². The minimum Gasteiger partial charge on any atom is -0.261 e. The number of aromatic nitrogens is 2. The molecule has 1 aliphatic heterocycles.